The van der Waals surface area contributed by atoms with Gasteiger partial charge < -0.3 is 5.73 Å². The summed E-state index contributed by atoms with van der Waals surface area (Å²) in [5, 5.41) is 0. The van der Waals surface area contributed by atoms with Gasteiger partial charge in [0.05, 0.1) is 4.90 Å². The van der Waals surface area contributed by atoms with Crippen LogP contribution in [0.2, 0.25) is 0 Å². The minimum absolute atomic E-state index is 0.136. The smallest absolute Gasteiger partial charge is 0.243 e. The molecule has 0 aliphatic heterocycles. The molecule has 0 saturated heterocycles. The monoisotopic (exact) mass is 314 g/mol. The average Bonchev–Trinajstić information content (AvgIpc) is 2.95. The van der Waals surface area contributed by atoms with Crippen molar-refractivity contribution in [1.29, 1.82) is 0 Å². The van der Waals surface area contributed by atoms with E-state index in [0.29, 0.717) is 13.1 Å². The van der Waals surface area contributed by atoms with Crippen LogP contribution in [0.15, 0.2) is 29.2 Å². The number of nitrogens with two attached hydrogens (primary N) is 1. The maximum absolute atomic E-state index is 13.0. The zero-order valence-electron chi connectivity index (χ0n) is 12.4. The summed E-state index contributed by atoms with van der Waals surface area (Å²) >= 11 is 0. The molecule has 0 amide bonds. The molecule has 0 heterocycles. The van der Waals surface area contributed by atoms with Gasteiger partial charge in [0.25, 0.3) is 0 Å². The normalized spacial score (nSPS) is 18.3. The van der Waals surface area contributed by atoms with Gasteiger partial charge in [-0.1, -0.05) is 19.8 Å². The fourth-order valence-corrected chi connectivity index (χ4v) is 5.06. The van der Waals surface area contributed by atoms with Gasteiger partial charge in [0, 0.05) is 18.6 Å². The lowest BCUT2D eigenvalue weighted by Crippen LogP contribution is -2.54. The van der Waals surface area contributed by atoms with Crippen molar-refractivity contribution in [1.82, 2.24) is 4.31 Å². The number of rotatable bonds is 6. The number of nitrogens with zero attached hydrogens (tertiary/aromatic N) is 1. The summed E-state index contributed by atoms with van der Waals surface area (Å²) in [7, 11) is -3.65. The van der Waals surface area contributed by atoms with Gasteiger partial charge in [-0.3, -0.25) is 0 Å². The van der Waals surface area contributed by atoms with E-state index in [-0.39, 0.29) is 4.90 Å². The largest absolute Gasteiger partial charge is 0.329 e. The molecule has 1 fully saturated rings. The third-order valence-electron chi connectivity index (χ3n) is 4.27. The van der Waals surface area contributed by atoms with E-state index in [0.717, 1.165) is 32.1 Å². The summed E-state index contributed by atoms with van der Waals surface area (Å²) in [6, 6.07) is 5.01. The molecule has 0 unspecified atom stereocenters. The second-order valence-electron chi connectivity index (χ2n) is 5.67. The molecule has 6 heteroatoms. The number of halogens is 1. The Hall–Kier alpha value is -0.980. The van der Waals surface area contributed by atoms with Crippen LogP contribution in [0.5, 0.6) is 0 Å². The first-order valence-corrected chi connectivity index (χ1v) is 8.89. The zero-order chi connectivity index (χ0) is 15.5. The van der Waals surface area contributed by atoms with Crippen molar-refractivity contribution < 1.29 is 12.8 Å². The zero-order valence-corrected chi connectivity index (χ0v) is 13.2. The van der Waals surface area contributed by atoms with E-state index >= 15 is 0 Å². The van der Waals surface area contributed by atoms with Crippen molar-refractivity contribution in [3.8, 4) is 0 Å². The predicted octanol–water partition coefficient (Wildman–Crippen LogP) is 2.50. The first-order chi connectivity index (χ1) is 9.96. The standard InChI is InChI=1S/C15H23FN2O2S/c1-2-11-18(15(12-17)9-3-4-10-15)21(19,20)14-7-5-13(16)6-8-14/h5-8H,2-4,9-12,17H2,1H3. The summed E-state index contributed by atoms with van der Waals surface area (Å²) in [5.74, 6) is -0.439. The molecule has 21 heavy (non-hydrogen) atoms. The molecular weight excluding hydrogens is 291 g/mol. The van der Waals surface area contributed by atoms with Crippen molar-refractivity contribution in [2.75, 3.05) is 13.1 Å². The number of benzene rings is 1. The maximum atomic E-state index is 13.0. The fraction of sp³-hybridized carbons (Fsp3) is 0.600. The van der Waals surface area contributed by atoms with E-state index in [2.05, 4.69) is 0 Å². The molecule has 0 aromatic heterocycles. The lowest BCUT2D eigenvalue weighted by Gasteiger charge is -2.39. The van der Waals surface area contributed by atoms with Crippen LogP contribution < -0.4 is 5.73 Å². The lowest BCUT2D eigenvalue weighted by atomic mass is 9.98. The van der Waals surface area contributed by atoms with Crippen LogP contribution in [0.3, 0.4) is 0 Å². The molecule has 1 aliphatic rings. The van der Waals surface area contributed by atoms with E-state index in [9.17, 15) is 12.8 Å². The van der Waals surface area contributed by atoms with E-state index in [4.69, 9.17) is 5.73 Å². The molecule has 1 saturated carbocycles. The summed E-state index contributed by atoms with van der Waals surface area (Å²) < 4.78 is 40.5. The lowest BCUT2D eigenvalue weighted by molar-refractivity contribution is 0.197. The molecule has 4 nitrogen and oxygen atoms in total. The molecule has 1 aliphatic carbocycles. The fourth-order valence-electron chi connectivity index (χ4n) is 3.14. The Morgan fingerprint density at radius 3 is 2.29 bits per heavy atom. The summed E-state index contributed by atoms with van der Waals surface area (Å²) in [6.45, 7) is 2.72. The third kappa shape index (κ3) is 3.12. The Bertz CT molecular complexity index is 566. The highest BCUT2D eigenvalue weighted by Gasteiger charge is 2.44. The van der Waals surface area contributed by atoms with Crippen LogP contribution in [0.4, 0.5) is 4.39 Å². The van der Waals surface area contributed by atoms with Gasteiger partial charge >= 0.3 is 0 Å². The maximum Gasteiger partial charge on any atom is 0.243 e. The van der Waals surface area contributed by atoms with Crippen LogP contribution in [-0.4, -0.2) is 31.4 Å². The Labute approximate surface area is 126 Å². The topological polar surface area (TPSA) is 63.4 Å². The van der Waals surface area contributed by atoms with Crippen molar-refractivity contribution in [3.05, 3.63) is 30.1 Å². The summed E-state index contributed by atoms with van der Waals surface area (Å²) in [5.41, 5.74) is 5.45. The van der Waals surface area contributed by atoms with Gasteiger partial charge in [-0.25, -0.2) is 12.8 Å². The van der Waals surface area contributed by atoms with E-state index in [1.54, 1.807) is 4.31 Å². The number of sulfonamides is 1. The minimum Gasteiger partial charge on any atom is -0.329 e. The van der Waals surface area contributed by atoms with Gasteiger partial charge in [-0.2, -0.15) is 4.31 Å². The molecule has 1 aromatic rings. The first-order valence-electron chi connectivity index (χ1n) is 7.45. The van der Waals surface area contributed by atoms with E-state index in [1.807, 2.05) is 6.92 Å². The van der Waals surface area contributed by atoms with E-state index in [1.165, 1.54) is 24.3 Å². The van der Waals surface area contributed by atoms with Crippen molar-refractivity contribution in [3.63, 3.8) is 0 Å². The summed E-state index contributed by atoms with van der Waals surface area (Å²) in [4.78, 5) is 0.136. The molecule has 118 valence electrons. The van der Waals surface area contributed by atoms with Crippen molar-refractivity contribution in [2.24, 2.45) is 5.73 Å². The quantitative estimate of drug-likeness (QED) is 0.877. The predicted molar refractivity (Wildman–Crippen MR) is 80.8 cm³/mol. The SMILES string of the molecule is CCCN(C1(CN)CCCC1)S(=O)(=O)c1ccc(F)cc1. The van der Waals surface area contributed by atoms with Gasteiger partial charge in [0.1, 0.15) is 5.82 Å². The Morgan fingerprint density at radius 2 is 1.81 bits per heavy atom. The molecule has 0 bridgehead atoms. The third-order valence-corrected chi connectivity index (χ3v) is 6.29. The Morgan fingerprint density at radius 1 is 1.24 bits per heavy atom. The van der Waals surface area contributed by atoms with Crippen LogP contribution in [0, 0.1) is 5.82 Å². The molecule has 2 N–H and O–H groups in total. The first kappa shape index (κ1) is 16.4. The van der Waals surface area contributed by atoms with Gasteiger partial charge in [-0.15, -0.1) is 0 Å². The molecule has 0 atom stereocenters. The van der Waals surface area contributed by atoms with Gasteiger partial charge in [0.2, 0.25) is 10.0 Å². The second-order valence-corrected chi connectivity index (χ2v) is 7.53. The Balaban J connectivity index is 2.43. The number of hydrogen-bond donors (Lipinski definition) is 1. The Kier molecular flexibility index (Phi) is 5.01. The number of hydrogen-bond acceptors (Lipinski definition) is 3. The van der Waals surface area contributed by atoms with Crippen LogP contribution in [0.25, 0.3) is 0 Å². The van der Waals surface area contributed by atoms with Gasteiger partial charge in [0.15, 0.2) is 0 Å². The van der Waals surface area contributed by atoms with Crippen molar-refractivity contribution in [2.45, 2.75) is 49.5 Å². The molecule has 2 rings (SSSR count). The second kappa shape index (κ2) is 6.42. The van der Waals surface area contributed by atoms with Crippen molar-refractivity contribution >= 4 is 10.0 Å². The van der Waals surface area contributed by atoms with Gasteiger partial charge in [-0.05, 0) is 43.5 Å². The average molecular weight is 314 g/mol. The summed E-state index contributed by atoms with van der Waals surface area (Å²) in [6.07, 6.45) is 4.31. The molecule has 0 radical (unpaired) electrons. The van der Waals surface area contributed by atoms with E-state index < -0.39 is 21.4 Å². The molecule has 1 aromatic carbocycles. The molecule has 0 spiro atoms. The highest BCUT2D eigenvalue weighted by atomic mass is 32.2. The highest BCUT2D eigenvalue weighted by Crippen LogP contribution is 2.38. The van der Waals surface area contributed by atoms with Crippen LogP contribution in [-0.2, 0) is 10.0 Å². The highest BCUT2D eigenvalue weighted by molar-refractivity contribution is 7.89. The minimum atomic E-state index is -3.65. The van der Waals surface area contributed by atoms with Crippen LogP contribution >= 0.6 is 0 Å². The van der Waals surface area contributed by atoms with Crippen LogP contribution in [0.1, 0.15) is 39.0 Å². The molecular formula is C15H23FN2O2S.